The summed E-state index contributed by atoms with van der Waals surface area (Å²) in [5.41, 5.74) is 6.07. The van der Waals surface area contributed by atoms with Gasteiger partial charge in [-0.05, 0) is 43.4 Å². The van der Waals surface area contributed by atoms with Gasteiger partial charge in [-0.1, -0.05) is 0 Å². The fourth-order valence-electron chi connectivity index (χ4n) is 1.50. The fraction of sp³-hybridized carbons (Fsp3) is 0.429. The SMILES string of the molecule is CCOc1ccc(NC(=O)CSCCC(N)C(=O)O)cc1. The molecule has 0 radical (unpaired) electrons. The van der Waals surface area contributed by atoms with Crippen molar-refractivity contribution in [3.8, 4) is 5.75 Å². The molecule has 1 unspecified atom stereocenters. The Hall–Kier alpha value is -1.73. The number of aliphatic carboxylic acids is 1. The fourth-order valence-corrected chi connectivity index (χ4v) is 2.32. The summed E-state index contributed by atoms with van der Waals surface area (Å²) in [6.07, 6.45) is 0.344. The number of hydrogen-bond acceptors (Lipinski definition) is 5. The van der Waals surface area contributed by atoms with Crippen molar-refractivity contribution in [2.24, 2.45) is 5.73 Å². The minimum Gasteiger partial charge on any atom is -0.494 e. The highest BCUT2D eigenvalue weighted by Crippen LogP contribution is 2.16. The van der Waals surface area contributed by atoms with Gasteiger partial charge < -0.3 is 20.9 Å². The third-order valence-electron chi connectivity index (χ3n) is 2.57. The average Bonchev–Trinajstić information content (AvgIpc) is 2.45. The molecule has 1 rings (SSSR count). The summed E-state index contributed by atoms with van der Waals surface area (Å²) >= 11 is 1.36. The number of nitrogens with two attached hydrogens (primary N) is 1. The molecular formula is C14H20N2O4S. The summed E-state index contributed by atoms with van der Waals surface area (Å²) < 4.78 is 5.31. The summed E-state index contributed by atoms with van der Waals surface area (Å²) in [4.78, 5) is 22.2. The number of thioether (sulfide) groups is 1. The number of carbonyl (C=O) groups is 2. The highest BCUT2D eigenvalue weighted by atomic mass is 32.2. The minimum absolute atomic E-state index is 0.131. The molecule has 0 aliphatic carbocycles. The second-order valence-corrected chi connectivity index (χ2v) is 5.40. The van der Waals surface area contributed by atoms with Gasteiger partial charge in [0.15, 0.2) is 0 Å². The second-order valence-electron chi connectivity index (χ2n) is 4.29. The number of amides is 1. The first-order valence-electron chi connectivity index (χ1n) is 6.61. The van der Waals surface area contributed by atoms with E-state index in [0.29, 0.717) is 24.5 Å². The number of rotatable bonds is 9. The Labute approximate surface area is 128 Å². The predicted octanol–water partition coefficient (Wildman–Crippen LogP) is 1.56. The molecular weight excluding hydrogens is 292 g/mol. The predicted molar refractivity (Wildman–Crippen MR) is 83.8 cm³/mol. The van der Waals surface area contributed by atoms with Crippen LogP contribution >= 0.6 is 11.8 Å². The van der Waals surface area contributed by atoms with E-state index in [9.17, 15) is 9.59 Å². The van der Waals surface area contributed by atoms with Gasteiger partial charge in [0.25, 0.3) is 0 Å². The third-order valence-corrected chi connectivity index (χ3v) is 3.56. The smallest absolute Gasteiger partial charge is 0.320 e. The van der Waals surface area contributed by atoms with Crippen LogP contribution in [0.1, 0.15) is 13.3 Å². The van der Waals surface area contributed by atoms with E-state index in [1.165, 1.54) is 11.8 Å². The van der Waals surface area contributed by atoms with Crippen molar-refractivity contribution in [1.29, 1.82) is 0 Å². The lowest BCUT2D eigenvalue weighted by atomic mass is 10.2. The first kappa shape index (κ1) is 17.3. The Morgan fingerprint density at radius 3 is 2.62 bits per heavy atom. The van der Waals surface area contributed by atoms with Crippen molar-refractivity contribution in [3.63, 3.8) is 0 Å². The van der Waals surface area contributed by atoms with Crippen molar-refractivity contribution in [2.45, 2.75) is 19.4 Å². The van der Waals surface area contributed by atoms with E-state index in [4.69, 9.17) is 15.6 Å². The maximum absolute atomic E-state index is 11.7. The zero-order valence-electron chi connectivity index (χ0n) is 11.9. The van der Waals surface area contributed by atoms with Crippen LogP contribution in [0.2, 0.25) is 0 Å². The molecule has 0 saturated heterocycles. The van der Waals surface area contributed by atoms with Crippen LogP contribution in [0, 0.1) is 0 Å². The van der Waals surface area contributed by atoms with Crippen LogP contribution in [0.4, 0.5) is 5.69 Å². The monoisotopic (exact) mass is 312 g/mol. The Balaban J connectivity index is 2.25. The highest BCUT2D eigenvalue weighted by molar-refractivity contribution is 7.99. The van der Waals surface area contributed by atoms with Crippen LogP contribution in [0.25, 0.3) is 0 Å². The number of nitrogens with one attached hydrogen (secondary N) is 1. The number of ether oxygens (including phenoxy) is 1. The minimum atomic E-state index is -1.02. The standard InChI is InChI=1S/C14H20N2O4S/c1-2-20-11-5-3-10(4-6-11)16-13(17)9-21-8-7-12(15)14(18)19/h3-6,12H,2,7-9,15H2,1H3,(H,16,17)(H,18,19). The largest absolute Gasteiger partial charge is 0.494 e. The molecule has 0 aliphatic heterocycles. The van der Waals surface area contributed by atoms with Crippen molar-refractivity contribution in [3.05, 3.63) is 24.3 Å². The summed E-state index contributed by atoms with van der Waals surface area (Å²) in [5.74, 6) is 0.402. The Bertz CT molecular complexity index is 465. The highest BCUT2D eigenvalue weighted by Gasteiger charge is 2.11. The number of carbonyl (C=O) groups excluding carboxylic acids is 1. The van der Waals surface area contributed by atoms with Gasteiger partial charge in [0, 0.05) is 5.69 Å². The van der Waals surface area contributed by atoms with E-state index in [-0.39, 0.29) is 11.7 Å². The van der Waals surface area contributed by atoms with E-state index in [2.05, 4.69) is 5.32 Å². The quantitative estimate of drug-likeness (QED) is 0.598. The van der Waals surface area contributed by atoms with E-state index < -0.39 is 12.0 Å². The summed E-state index contributed by atoms with van der Waals surface area (Å²) in [6.45, 7) is 2.50. The molecule has 0 aromatic heterocycles. The first-order chi connectivity index (χ1) is 10.0. The molecule has 116 valence electrons. The molecule has 0 spiro atoms. The topological polar surface area (TPSA) is 102 Å². The number of carboxylic acids is 1. The van der Waals surface area contributed by atoms with Crippen LogP contribution in [0.15, 0.2) is 24.3 Å². The Morgan fingerprint density at radius 1 is 1.38 bits per heavy atom. The van der Waals surface area contributed by atoms with Crippen LogP contribution < -0.4 is 15.8 Å². The molecule has 7 heteroatoms. The van der Waals surface area contributed by atoms with Crippen LogP contribution in [-0.2, 0) is 9.59 Å². The van der Waals surface area contributed by atoms with Gasteiger partial charge in [-0.3, -0.25) is 9.59 Å². The van der Waals surface area contributed by atoms with E-state index in [1.54, 1.807) is 24.3 Å². The van der Waals surface area contributed by atoms with Gasteiger partial charge in [-0.2, -0.15) is 11.8 Å². The third kappa shape index (κ3) is 7.01. The number of anilines is 1. The normalized spacial score (nSPS) is 11.7. The number of hydrogen-bond donors (Lipinski definition) is 3. The second kappa shape index (κ2) is 9.25. The molecule has 4 N–H and O–H groups in total. The molecule has 21 heavy (non-hydrogen) atoms. The molecule has 1 aromatic carbocycles. The average molecular weight is 312 g/mol. The Kier molecular flexibility index (Phi) is 7.63. The number of carboxylic acid groups (broad SMARTS) is 1. The lowest BCUT2D eigenvalue weighted by molar-refractivity contribution is -0.138. The van der Waals surface area contributed by atoms with Crippen LogP contribution in [-0.4, -0.2) is 41.1 Å². The summed E-state index contributed by atoms with van der Waals surface area (Å²) in [5, 5.41) is 11.4. The van der Waals surface area contributed by atoms with Crippen molar-refractivity contribution < 1.29 is 19.4 Å². The lowest BCUT2D eigenvalue weighted by Gasteiger charge is -2.08. The molecule has 0 heterocycles. The van der Waals surface area contributed by atoms with Crippen LogP contribution in [0.5, 0.6) is 5.75 Å². The maximum Gasteiger partial charge on any atom is 0.320 e. The van der Waals surface area contributed by atoms with Gasteiger partial charge >= 0.3 is 5.97 Å². The van der Waals surface area contributed by atoms with E-state index in [0.717, 1.165) is 5.75 Å². The van der Waals surface area contributed by atoms with Gasteiger partial charge in [0.05, 0.1) is 12.4 Å². The van der Waals surface area contributed by atoms with Gasteiger partial charge in [-0.25, -0.2) is 0 Å². The van der Waals surface area contributed by atoms with E-state index in [1.807, 2.05) is 6.92 Å². The lowest BCUT2D eigenvalue weighted by Crippen LogP contribution is -2.30. The molecule has 0 fully saturated rings. The molecule has 1 atom stereocenters. The molecule has 6 nitrogen and oxygen atoms in total. The van der Waals surface area contributed by atoms with Gasteiger partial charge in [-0.15, -0.1) is 0 Å². The van der Waals surface area contributed by atoms with Crippen LogP contribution in [0.3, 0.4) is 0 Å². The molecule has 0 aliphatic rings. The zero-order valence-corrected chi connectivity index (χ0v) is 12.7. The summed E-state index contributed by atoms with van der Waals surface area (Å²) in [6, 6.07) is 6.25. The molecule has 1 amide bonds. The molecule has 0 bridgehead atoms. The zero-order chi connectivity index (χ0) is 15.7. The van der Waals surface area contributed by atoms with Gasteiger partial charge in [0.2, 0.25) is 5.91 Å². The first-order valence-corrected chi connectivity index (χ1v) is 7.77. The number of benzene rings is 1. The Morgan fingerprint density at radius 2 is 2.05 bits per heavy atom. The molecule has 1 aromatic rings. The molecule has 0 saturated carbocycles. The van der Waals surface area contributed by atoms with Crippen molar-refractivity contribution in [1.82, 2.24) is 0 Å². The van der Waals surface area contributed by atoms with Crippen molar-refractivity contribution in [2.75, 3.05) is 23.4 Å². The maximum atomic E-state index is 11.7. The van der Waals surface area contributed by atoms with Crippen molar-refractivity contribution >= 4 is 29.3 Å². The summed E-state index contributed by atoms with van der Waals surface area (Å²) in [7, 11) is 0. The van der Waals surface area contributed by atoms with Gasteiger partial charge in [0.1, 0.15) is 11.8 Å². The van der Waals surface area contributed by atoms with E-state index >= 15 is 0 Å².